The summed E-state index contributed by atoms with van der Waals surface area (Å²) in [5.41, 5.74) is 2.01. The third-order valence-corrected chi connectivity index (χ3v) is 7.94. The highest BCUT2D eigenvalue weighted by Crippen LogP contribution is 2.38. The van der Waals surface area contributed by atoms with Crippen molar-refractivity contribution >= 4 is 22.6 Å². The van der Waals surface area contributed by atoms with E-state index in [-0.39, 0.29) is 5.41 Å². The Labute approximate surface area is 203 Å². The van der Waals surface area contributed by atoms with Gasteiger partial charge in [0, 0.05) is 36.6 Å². The van der Waals surface area contributed by atoms with E-state index in [1.165, 1.54) is 19.4 Å². The van der Waals surface area contributed by atoms with Gasteiger partial charge in [0.05, 0.1) is 6.04 Å². The smallest absolute Gasteiger partial charge is 0.243 e. The highest BCUT2D eigenvalue weighted by Gasteiger charge is 2.36. The van der Waals surface area contributed by atoms with Crippen molar-refractivity contribution in [3.8, 4) is 11.6 Å². The monoisotopic (exact) mass is 466 g/mol. The molecule has 3 heterocycles. The zero-order valence-corrected chi connectivity index (χ0v) is 21.5. The maximum Gasteiger partial charge on any atom is 0.243 e. The molecule has 0 aliphatic carbocycles. The lowest BCUT2D eigenvalue weighted by Gasteiger charge is -2.35. The summed E-state index contributed by atoms with van der Waals surface area (Å²) in [7, 11) is 0. The molecule has 1 saturated heterocycles. The SMILES string of the molecule is CCC(CC)CN1CCC2N=C(Nc3cccnc3Oc3ccccc3C(C)(C)C)SC2C1. The lowest BCUT2D eigenvalue weighted by atomic mass is 9.86. The summed E-state index contributed by atoms with van der Waals surface area (Å²) in [6.45, 7) is 14.7. The second kappa shape index (κ2) is 10.5. The molecule has 1 N–H and O–H groups in total. The second-order valence-electron chi connectivity index (χ2n) is 10.2. The van der Waals surface area contributed by atoms with Crippen LogP contribution in [0, 0.1) is 5.92 Å². The highest BCUT2D eigenvalue weighted by molar-refractivity contribution is 8.15. The van der Waals surface area contributed by atoms with Crippen molar-refractivity contribution < 1.29 is 4.74 Å². The van der Waals surface area contributed by atoms with Crippen LogP contribution in [-0.2, 0) is 5.41 Å². The third-order valence-electron chi connectivity index (χ3n) is 6.74. The molecule has 0 saturated carbocycles. The van der Waals surface area contributed by atoms with Crippen molar-refractivity contribution in [2.24, 2.45) is 10.9 Å². The summed E-state index contributed by atoms with van der Waals surface area (Å²) < 4.78 is 6.34. The van der Waals surface area contributed by atoms with Crippen LogP contribution in [0.4, 0.5) is 5.69 Å². The Morgan fingerprint density at radius 1 is 1.15 bits per heavy atom. The van der Waals surface area contributed by atoms with Crippen molar-refractivity contribution in [3.05, 3.63) is 48.2 Å². The van der Waals surface area contributed by atoms with E-state index in [9.17, 15) is 0 Å². The van der Waals surface area contributed by atoms with Gasteiger partial charge in [-0.05, 0) is 36.0 Å². The molecule has 0 bridgehead atoms. The molecule has 4 rings (SSSR count). The zero-order valence-electron chi connectivity index (χ0n) is 20.7. The van der Waals surface area contributed by atoms with Crippen molar-refractivity contribution in [1.29, 1.82) is 0 Å². The van der Waals surface area contributed by atoms with Crippen molar-refractivity contribution in [3.63, 3.8) is 0 Å². The quantitative estimate of drug-likeness (QED) is 0.500. The van der Waals surface area contributed by atoms with E-state index in [2.05, 4.69) is 62.0 Å². The predicted molar refractivity (Wildman–Crippen MR) is 141 cm³/mol. The Balaban J connectivity index is 1.44. The van der Waals surface area contributed by atoms with E-state index >= 15 is 0 Å². The van der Waals surface area contributed by atoms with E-state index in [1.54, 1.807) is 6.20 Å². The minimum Gasteiger partial charge on any atom is -0.437 e. The number of likely N-dealkylation sites (tertiary alicyclic amines) is 1. The first-order valence-corrected chi connectivity index (χ1v) is 13.2. The van der Waals surface area contributed by atoms with Crippen LogP contribution in [0.3, 0.4) is 0 Å². The molecular weight excluding hydrogens is 428 g/mol. The molecule has 0 amide bonds. The van der Waals surface area contributed by atoms with Gasteiger partial charge in [-0.25, -0.2) is 4.98 Å². The lowest BCUT2D eigenvalue weighted by Crippen LogP contribution is -2.44. The molecular formula is C27H38N4OS. The largest absolute Gasteiger partial charge is 0.437 e. The van der Waals surface area contributed by atoms with Gasteiger partial charge < -0.3 is 15.0 Å². The van der Waals surface area contributed by atoms with Crippen LogP contribution in [0.2, 0.25) is 0 Å². The van der Waals surface area contributed by atoms with Gasteiger partial charge in [0.2, 0.25) is 5.88 Å². The molecule has 2 aromatic rings. The number of aromatic nitrogens is 1. The van der Waals surface area contributed by atoms with Gasteiger partial charge in [0.1, 0.15) is 11.4 Å². The number of hydrogen-bond donors (Lipinski definition) is 1. The first kappa shape index (κ1) is 24.1. The highest BCUT2D eigenvalue weighted by atomic mass is 32.2. The summed E-state index contributed by atoms with van der Waals surface area (Å²) in [5, 5.41) is 5.04. The number of anilines is 1. The van der Waals surface area contributed by atoms with Gasteiger partial charge in [0.15, 0.2) is 5.17 Å². The third kappa shape index (κ3) is 5.90. The number of hydrogen-bond acceptors (Lipinski definition) is 6. The first-order chi connectivity index (χ1) is 15.9. The van der Waals surface area contributed by atoms with E-state index in [0.717, 1.165) is 47.6 Å². The fourth-order valence-electron chi connectivity index (χ4n) is 4.66. The minimum atomic E-state index is -0.0134. The number of piperidine rings is 1. The van der Waals surface area contributed by atoms with Crippen LogP contribution in [-0.4, -0.2) is 46.0 Å². The second-order valence-corrected chi connectivity index (χ2v) is 11.4. The van der Waals surface area contributed by atoms with Crippen LogP contribution in [0.1, 0.15) is 59.4 Å². The number of para-hydroxylation sites is 1. The molecule has 6 heteroatoms. The van der Waals surface area contributed by atoms with E-state index < -0.39 is 0 Å². The average Bonchev–Trinajstić information content (AvgIpc) is 3.20. The van der Waals surface area contributed by atoms with Crippen molar-refractivity contribution in [1.82, 2.24) is 9.88 Å². The molecule has 2 aliphatic rings. The van der Waals surface area contributed by atoms with Crippen LogP contribution >= 0.6 is 11.8 Å². The minimum absolute atomic E-state index is 0.0134. The Hall–Kier alpha value is -2.05. The summed E-state index contributed by atoms with van der Waals surface area (Å²) >= 11 is 1.87. The van der Waals surface area contributed by atoms with Gasteiger partial charge in [-0.2, -0.15) is 0 Å². The van der Waals surface area contributed by atoms with E-state index in [1.807, 2.05) is 36.0 Å². The van der Waals surface area contributed by atoms with Crippen molar-refractivity contribution in [2.75, 3.05) is 25.0 Å². The number of ether oxygens (including phenoxy) is 1. The fourth-order valence-corrected chi connectivity index (χ4v) is 5.95. The van der Waals surface area contributed by atoms with Crippen LogP contribution < -0.4 is 10.1 Å². The number of aliphatic imine (C=N–C) groups is 1. The standard InChI is InChI=1S/C27H38N4OS/c1-6-19(7-2)17-31-16-14-21-24(18-31)33-26(29-21)30-22-12-10-15-28-25(22)32-23-13-9-8-11-20(23)27(3,4)5/h8-13,15,19,21,24H,6-7,14,16-18H2,1-5H3,(H,29,30). The predicted octanol–water partition coefficient (Wildman–Crippen LogP) is 6.57. The molecule has 1 aromatic carbocycles. The molecule has 0 radical (unpaired) electrons. The number of rotatable bonds is 7. The molecule has 5 nitrogen and oxygen atoms in total. The number of amidine groups is 1. The molecule has 2 aliphatic heterocycles. The maximum absolute atomic E-state index is 6.34. The average molecular weight is 467 g/mol. The van der Waals surface area contributed by atoms with Crippen molar-refractivity contribution in [2.45, 2.75) is 70.6 Å². The Morgan fingerprint density at radius 2 is 1.94 bits per heavy atom. The van der Waals surface area contributed by atoms with Gasteiger partial charge >= 0.3 is 0 Å². The summed E-state index contributed by atoms with van der Waals surface area (Å²) in [4.78, 5) is 12.2. The molecule has 2 atom stereocenters. The number of nitrogens with zero attached hydrogens (tertiary/aromatic N) is 3. The number of benzene rings is 1. The molecule has 1 fully saturated rings. The summed E-state index contributed by atoms with van der Waals surface area (Å²) in [5.74, 6) is 2.23. The topological polar surface area (TPSA) is 49.8 Å². The Bertz CT molecular complexity index is 967. The first-order valence-electron chi connectivity index (χ1n) is 12.3. The van der Waals surface area contributed by atoms with Gasteiger partial charge in [-0.15, -0.1) is 0 Å². The number of thioether (sulfide) groups is 1. The van der Waals surface area contributed by atoms with Crippen LogP contribution in [0.15, 0.2) is 47.6 Å². The molecule has 0 spiro atoms. The van der Waals surface area contributed by atoms with Gasteiger partial charge in [-0.1, -0.05) is 77.4 Å². The maximum atomic E-state index is 6.34. The molecule has 1 aromatic heterocycles. The Morgan fingerprint density at radius 3 is 2.70 bits per heavy atom. The number of fused-ring (bicyclic) bond motifs is 1. The molecule has 178 valence electrons. The summed E-state index contributed by atoms with van der Waals surface area (Å²) in [6.07, 6.45) is 5.44. The van der Waals surface area contributed by atoms with Gasteiger partial charge in [-0.3, -0.25) is 4.99 Å². The summed E-state index contributed by atoms with van der Waals surface area (Å²) in [6, 6.07) is 12.6. The molecule has 2 unspecified atom stereocenters. The van der Waals surface area contributed by atoms with Crippen LogP contribution in [0.25, 0.3) is 0 Å². The van der Waals surface area contributed by atoms with E-state index in [0.29, 0.717) is 17.2 Å². The van der Waals surface area contributed by atoms with Gasteiger partial charge in [0.25, 0.3) is 0 Å². The van der Waals surface area contributed by atoms with E-state index in [4.69, 9.17) is 9.73 Å². The molecule has 33 heavy (non-hydrogen) atoms. The zero-order chi connectivity index (χ0) is 23.4. The Kier molecular flexibility index (Phi) is 7.65. The normalized spacial score (nSPS) is 21.1. The number of pyridine rings is 1. The fraction of sp³-hybridized carbons (Fsp3) is 0.556. The lowest BCUT2D eigenvalue weighted by molar-refractivity contribution is 0.185. The van der Waals surface area contributed by atoms with Crippen LogP contribution in [0.5, 0.6) is 11.6 Å². The number of nitrogens with one attached hydrogen (secondary N) is 1.